The van der Waals surface area contributed by atoms with Crippen LogP contribution in [0.15, 0.2) is 4.79 Å². The molecule has 0 amide bonds. The Bertz CT molecular complexity index is 365. The summed E-state index contributed by atoms with van der Waals surface area (Å²) in [6.45, 7) is 1.91. The minimum atomic E-state index is -0.575. The summed E-state index contributed by atoms with van der Waals surface area (Å²) in [5.41, 5.74) is -0.144. The minimum absolute atomic E-state index is 0.0659. The van der Waals surface area contributed by atoms with Crippen LogP contribution in [-0.2, 0) is 7.05 Å². The van der Waals surface area contributed by atoms with Crippen LogP contribution in [0, 0.1) is 0 Å². The van der Waals surface area contributed by atoms with Gasteiger partial charge in [0.1, 0.15) is 6.10 Å². The van der Waals surface area contributed by atoms with Crippen molar-refractivity contribution in [2.24, 2.45) is 7.05 Å². The monoisotopic (exact) mass is 169 g/mol. The molecule has 0 saturated carbocycles. The molecular formula is C7H11N3O2. The Labute approximate surface area is 69.2 Å². The Morgan fingerprint density at radius 3 is 2.92 bits per heavy atom. The van der Waals surface area contributed by atoms with E-state index in [4.69, 9.17) is 0 Å². The average molecular weight is 169 g/mol. The maximum absolute atomic E-state index is 11.4. The number of aliphatic hydroxyl groups excluding tert-OH is 1. The Hall–Kier alpha value is -1.10. The van der Waals surface area contributed by atoms with Crippen molar-refractivity contribution in [3.63, 3.8) is 0 Å². The van der Waals surface area contributed by atoms with Crippen molar-refractivity contribution in [1.29, 1.82) is 0 Å². The van der Waals surface area contributed by atoms with Crippen LogP contribution in [0.5, 0.6) is 0 Å². The van der Waals surface area contributed by atoms with Crippen molar-refractivity contribution in [3.8, 4) is 0 Å². The fourth-order valence-corrected chi connectivity index (χ4v) is 1.67. The van der Waals surface area contributed by atoms with Crippen molar-refractivity contribution in [2.45, 2.75) is 25.5 Å². The lowest BCUT2D eigenvalue weighted by Crippen LogP contribution is -2.23. The molecule has 1 aromatic rings. The van der Waals surface area contributed by atoms with E-state index in [2.05, 4.69) is 5.10 Å². The Balaban J connectivity index is 2.67. The van der Waals surface area contributed by atoms with Gasteiger partial charge in [-0.15, -0.1) is 0 Å². The first kappa shape index (κ1) is 7.54. The molecule has 1 aliphatic heterocycles. The van der Waals surface area contributed by atoms with E-state index in [1.807, 2.05) is 6.92 Å². The standard InChI is InChI=1S/C7H11N3O2/c1-4-3-5(11)6-8-9(2)7(12)10(4)6/h4-5,11H,3H2,1-2H3. The second kappa shape index (κ2) is 2.20. The van der Waals surface area contributed by atoms with Gasteiger partial charge in [-0.25, -0.2) is 9.48 Å². The molecule has 2 heterocycles. The molecule has 0 spiro atoms. The summed E-state index contributed by atoms with van der Waals surface area (Å²) >= 11 is 0. The van der Waals surface area contributed by atoms with E-state index in [1.165, 1.54) is 4.68 Å². The number of nitrogens with zero attached hydrogens (tertiary/aromatic N) is 3. The summed E-state index contributed by atoms with van der Waals surface area (Å²) in [5, 5.41) is 13.4. The first-order valence-electron chi connectivity index (χ1n) is 3.94. The number of hydrogen-bond donors (Lipinski definition) is 1. The van der Waals surface area contributed by atoms with Crippen LogP contribution in [0.2, 0.25) is 0 Å². The number of rotatable bonds is 0. The molecule has 5 heteroatoms. The Kier molecular flexibility index (Phi) is 1.38. The van der Waals surface area contributed by atoms with Gasteiger partial charge in [-0.1, -0.05) is 0 Å². The van der Waals surface area contributed by atoms with Crippen LogP contribution in [0.1, 0.15) is 31.3 Å². The topological polar surface area (TPSA) is 60.1 Å². The minimum Gasteiger partial charge on any atom is -0.385 e. The van der Waals surface area contributed by atoms with Crippen LogP contribution < -0.4 is 5.69 Å². The van der Waals surface area contributed by atoms with E-state index in [-0.39, 0.29) is 11.7 Å². The van der Waals surface area contributed by atoms with Gasteiger partial charge in [0.25, 0.3) is 0 Å². The van der Waals surface area contributed by atoms with Gasteiger partial charge in [0.05, 0.1) is 0 Å². The van der Waals surface area contributed by atoms with Crippen molar-refractivity contribution in [3.05, 3.63) is 16.3 Å². The van der Waals surface area contributed by atoms with E-state index >= 15 is 0 Å². The lowest BCUT2D eigenvalue weighted by atomic mass is 10.2. The van der Waals surface area contributed by atoms with E-state index in [1.54, 1.807) is 11.6 Å². The zero-order chi connectivity index (χ0) is 8.88. The van der Waals surface area contributed by atoms with Gasteiger partial charge < -0.3 is 5.11 Å². The first-order valence-corrected chi connectivity index (χ1v) is 3.94. The molecule has 1 aliphatic rings. The van der Waals surface area contributed by atoms with Crippen LogP contribution in [-0.4, -0.2) is 19.5 Å². The van der Waals surface area contributed by atoms with Gasteiger partial charge in [-0.3, -0.25) is 4.57 Å². The van der Waals surface area contributed by atoms with Crippen LogP contribution >= 0.6 is 0 Å². The molecule has 1 aromatic heterocycles. The predicted molar refractivity (Wildman–Crippen MR) is 41.8 cm³/mol. The largest absolute Gasteiger partial charge is 0.385 e. The van der Waals surface area contributed by atoms with Crippen LogP contribution in [0.25, 0.3) is 0 Å². The SMILES string of the molecule is CC1CC(O)c2nn(C)c(=O)n21. The summed E-state index contributed by atoms with van der Waals surface area (Å²) in [4.78, 5) is 11.4. The quantitative estimate of drug-likeness (QED) is 0.573. The summed E-state index contributed by atoms with van der Waals surface area (Å²) in [5.74, 6) is 0.495. The lowest BCUT2D eigenvalue weighted by molar-refractivity contribution is 0.168. The zero-order valence-corrected chi connectivity index (χ0v) is 7.06. The molecule has 0 bridgehead atoms. The highest BCUT2D eigenvalue weighted by Crippen LogP contribution is 2.29. The van der Waals surface area contributed by atoms with Gasteiger partial charge in [0.15, 0.2) is 5.82 Å². The molecule has 1 N–H and O–H groups in total. The molecule has 0 aliphatic carbocycles. The van der Waals surface area contributed by atoms with Crippen molar-refractivity contribution in [1.82, 2.24) is 14.3 Å². The molecule has 0 saturated heterocycles. The van der Waals surface area contributed by atoms with E-state index in [9.17, 15) is 9.90 Å². The predicted octanol–water partition coefficient (Wildman–Crippen LogP) is -0.420. The third-order valence-electron chi connectivity index (χ3n) is 2.29. The number of aryl methyl sites for hydroxylation is 1. The van der Waals surface area contributed by atoms with Gasteiger partial charge >= 0.3 is 5.69 Å². The highest BCUT2D eigenvalue weighted by atomic mass is 16.3. The number of aliphatic hydroxyl groups is 1. The zero-order valence-electron chi connectivity index (χ0n) is 7.06. The third-order valence-corrected chi connectivity index (χ3v) is 2.29. The molecule has 2 unspecified atom stereocenters. The summed E-state index contributed by atoms with van der Waals surface area (Å²) in [7, 11) is 1.59. The van der Waals surface area contributed by atoms with Gasteiger partial charge in [0.2, 0.25) is 0 Å². The molecule has 0 fully saturated rings. The van der Waals surface area contributed by atoms with E-state index in [0.717, 1.165) is 0 Å². The van der Waals surface area contributed by atoms with Crippen molar-refractivity contribution < 1.29 is 5.11 Å². The second-order valence-corrected chi connectivity index (χ2v) is 3.23. The normalized spacial score (nSPS) is 27.6. The highest BCUT2D eigenvalue weighted by Gasteiger charge is 2.30. The second-order valence-electron chi connectivity index (χ2n) is 3.23. The first-order chi connectivity index (χ1) is 5.61. The van der Waals surface area contributed by atoms with E-state index in [0.29, 0.717) is 12.2 Å². The summed E-state index contributed by atoms with van der Waals surface area (Å²) < 4.78 is 2.80. The maximum Gasteiger partial charge on any atom is 0.345 e. The number of hydrogen-bond acceptors (Lipinski definition) is 3. The van der Waals surface area contributed by atoms with Crippen molar-refractivity contribution in [2.75, 3.05) is 0 Å². The van der Waals surface area contributed by atoms with Crippen molar-refractivity contribution >= 4 is 0 Å². The smallest absolute Gasteiger partial charge is 0.345 e. The van der Waals surface area contributed by atoms with Gasteiger partial charge in [-0.2, -0.15) is 5.10 Å². The Morgan fingerprint density at radius 2 is 2.33 bits per heavy atom. The average Bonchev–Trinajstić information content (AvgIpc) is 2.41. The van der Waals surface area contributed by atoms with Crippen LogP contribution in [0.3, 0.4) is 0 Å². The molecule has 5 nitrogen and oxygen atoms in total. The van der Waals surface area contributed by atoms with Gasteiger partial charge in [0, 0.05) is 19.5 Å². The van der Waals surface area contributed by atoms with Gasteiger partial charge in [-0.05, 0) is 6.92 Å². The van der Waals surface area contributed by atoms with Crippen LogP contribution in [0.4, 0.5) is 0 Å². The fraction of sp³-hybridized carbons (Fsp3) is 0.714. The number of aromatic nitrogens is 3. The maximum atomic E-state index is 11.4. The summed E-state index contributed by atoms with van der Waals surface area (Å²) in [6, 6.07) is 0.0659. The lowest BCUT2D eigenvalue weighted by Gasteiger charge is -2.01. The third kappa shape index (κ3) is 0.768. The van der Waals surface area contributed by atoms with E-state index < -0.39 is 6.10 Å². The Morgan fingerprint density at radius 1 is 1.67 bits per heavy atom. The molecule has 0 aromatic carbocycles. The molecule has 2 rings (SSSR count). The fourth-order valence-electron chi connectivity index (χ4n) is 1.67. The molecule has 2 atom stereocenters. The molecule has 0 radical (unpaired) electrons. The molecular weight excluding hydrogens is 158 g/mol. The number of fused-ring (bicyclic) bond motifs is 1. The highest BCUT2D eigenvalue weighted by molar-refractivity contribution is 5.01. The summed E-state index contributed by atoms with van der Waals surface area (Å²) in [6.07, 6.45) is 0.0206. The molecule has 66 valence electrons. The molecule has 12 heavy (non-hydrogen) atoms.